The van der Waals surface area contributed by atoms with E-state index in [1.54, 1.807) is 0 Å². The maximum absolute atomic E-state index is 12.7. The van der Waals surface area contributed by atoms with Crippen LogP contribution in [0.4, 0.5) is 0 Å². The lowest BCUT2D eigenvalue weighted by molar-refractivity contribution is 0.0932. The standard InChI is InChI=1S/C18H23ClN4O.ClH/c1-11-17(18(24)21-16(9-20)13-7-8-13)12(2)23(22-11)10-14-5-3-4-6-15(14)19;/h3-6,13,16H,7-10,20H2,1-2H3,(H,21,24);1H. The van der Waals surface area contributed by atoms with Crippen molar-refractivity contribution in [3.05, 3.63) is 51.8 Å². The van der Waals surface area contributed by atoms with E-state index in [2.05, 4.69) is 10.4 Å². The zero-order valence-electron chi connectivity index (χ0n) is 14.5. The monoisotopic (exact) mass is 382 g/mol. The van der Waals surface area contributed by atoms with Crippen molar-refractivity contribution >= 4 is 29.9 Å². The Morgan fingerprint density at radius 3 is 2.68 bits per heavy atom. The fourth-order valence-corrected chi connectivity index (χ4v) is 3.27. The topological polar surface area (TPSA) is 72.9 Å². The lowest BCUT2D eigenvalue weighted by atomic mass is 10.1. The van der Waals surface area contributed by atoms with Crippen molar-refractivity contribution in [1.82, 2.24) is 15.1 Å². The van der Waals surface area contributed by atoms with Crippen molar-refractivity contribution in [3.8, 4) is 0 Å². The Kier molecular flexibility index (Phi) is 6.49. The zero-order valence-corrected chi connectivity index (χ0v) is 16.0. The highest BCUT2D eigenvalue weighted by Crippen LogP contribution is 2.32. The van der Waals surface area contributed by atoms with Gasteiger partial charge in [0.1, 0.15) is 0 Å². The molecule has 0 saturated heterocycles. The molecule has 1 aliphatic carbocycles. The summed E-state index contributed by atoms with van der Waals surface area (Å²) < 4.78 is 1.83. The quantitative estimate of drug-likeness (QED) is 0.805. The molecule has 1 atom stereocenters. The second kappa shape index (κ2) is 8.21. The van der Waals surface area contributed by atoms with E-state index in [1.807, 2.05) is 42.8 Å². The molecule has 7 heteroatoms. The Hall–Kier alpha value is -1.56. The van der Waals surface area contributed by atoms with E-state index >= 15 is 0 Å². The normalized spacial score (nSPS) is 14.7. The molecule has 3 N–H and O–H groups in total. The average Bonchev–Trinajstić information content (AvgIpc) is 3.34. The number of carbonyl (C=O) groups excluding carboxylic acids is 1. The highest BCUT2D eigenvalue weighted by molar-refractivity contribution is 6.31. The van der Waals surface area contributed by atoms with Gasteiger partial charge >= 0.3 is 0 Å². The lowest BCUT2D eigenvalue weighted by Crippen LogP contribution is -2.42. The van der Waals surface area contributed by atoms with Crippen LogP contribution in [0.2, 0.25) is 5.02 Å². The molecule has 2 aromatic rings. The molecule has 5 nitrogen and oxygen atoms in total. The van der Waals surface area contributed by atoms with Crippen LogP contribution in [0.15, 0.2) is 24.3 Å². The Morgan fingerprint density at radius 2 is 2.08 bits per heavy atom. The number of nitrogens with one attached hydrogen (secondary N) is 1. The summed E-state index contributed by atoms with van der Waals surface area (Å²) in [6.45, 7) is 4.80. The maximum Gasteiger partial charge on any atom is 0.255 e. The molecule has 1 saturated carbocycles. The summed E-state index contributed by atoms with van der Waals surface area (Å²) in [6.07, 6.45) is 2.29. The number of hydrogen-bond acceptors (Lipinski definition) is 3. The van der Waals surface area contributed by atoms with Crippen molar-refractivity contribution in [3.63, 3.8) is 0 Å². The van der Waals surface area contributed by atoms with Crippen molar-refractivity contribution < 1.29 is 4.79 Å². The summed E-state index contributed by atoms with van der Waals surface area (Å²) in [7, 11) is 0. The lowest BCUT2D eigenvalue weighted by Gasteiger charge is -2.16. The van der Waals surface area contributed by atoms with Crippen LogP contribution in [0.1, 0.15) is 40.2 Å². The number of rotatable bonds is 6. The van der Waals surface area contributed by atoms with Crippen LogP contribution in [0.5, 0.6) is 0 Å². The third-order valence-electron chi connectivity index (χ3n) is 4.65. The van der Waals surface area contributed by atoms with Gasteiger partial charge in [-0.25, -0.2) is 0 Å². The van der Waals surface area contributed by atoms with Gasteiger partial charge in [-0.15, -0.1) is 12.4 Å². The molecule has 136 valence electrons. The fraction of sp³-hybridized carbons (Fsp3) is 0.444. The Morgan fingerprint density at radius 1 is 1.40 bits per heavy atom. The number of nitrogens with two attached hydrogens (primary N) is 1. The Balaban J connectivity index is 0.00000225. The molecule has 3 rings (SSSR count). The van der Waals surface area contributed by atoms with Crippen molar-refractivity contribution in [2.24, 2.45) is 11.7 Å². The maximum atomic E-state index is 12.7. The highest BCUT2D eigenvalue weighted by atomic mass is 35.5. The van der Waals surface area contributed by atoms with Crippen LogP contribution in [0.3, 0.4) is 0 Å². The van der Waals surface area contributed by atoms with E-state index < -0.39 is 0 Å². The number of benzene rings is 1. The first-order valence-electron chi connectivity index (χ1n) is 8.29. The van der Waals surface area contributed by atoms with Crippen molar-refractivity contribution in [1.29, 1.82) is 0 Å². The van der Waals surface area contributed by atoms with E-state index in [0.29, 0.717) is 29.6 Å². The highest BCUT2D eigenvalue weighted by Gasteiger charge is 2.32. The van der Waals surface area contributed by atoms with Gasteiger partial charge in [0.05, 0.1) is 17.8 Å². The molecule has 0 spiro atoms. The van der Waals surface area contributed by atoms with E-state index in [-0.39, 0.29) is 24.4 Å². The predicted octanol–water partition coefficient (Wildman–Crippen LogP) is 3.09. The largest absolute Gasteiger partial charge is 0.348 e. The molecule has 1 fully saturated rings. The van der Waals surface area contributed by atoms with E-state index in [0.717, 1.165) is 29.8 Å². The SMILES string of the molecule is Cc1nn(Cc2ccccc2Cl)c(C)c1C(=O)NC(CN)C1CC1.Cl. The fourth-order valence-electron chi connectivity index (χ4n) is 3.08. The summed E-state index contributed by atoms with van der Waals surface area (Å²) in [5.41, 5.74) is 8.98. The third kappa shape index (κ3) is 4.35. The van der Waals surface area contributed by atoms with Gasteiger partial charge in [0.2, 0.25) is 0 Å². The minimum Gasteiger partial charge on any atom is -0.348 e. The van der Waals surface area contributed by atoms with Gasteiger partial charge in [-0.05, 0) is 44.2 Å². The summed E-state index contributed by atoms with van der Waals surface area (Å²) in [5, 5.41) is 8.30. The molecule has 1 unspecified atom stereocenters. The molecule has 0 aliphatic heterocycles. The van der Waals surface area contributed by atoms with Crippen LogP contribution >= 0.6 is 24.0 Å². The van der Waals surface area contributed by atoms with E-state index in [1.165, 1.54) is 0 Å². The molecule has 1 heterocycles. The molecule has 25 heavy (non-hydrogen) atoms. The van der Waals surface area contributed by atoms with Crippen LogP contribution in [0.25, 0.3) is 0 Å². The number of hydrogen-bond donors (Lipinski definition) is 2. The first-order chi connectivity index (χ1) is 11.5. The molecule has 1 aliphatic rings. The predicted molar refractivity (Wildman–Crippen MR) is 103 cm³/mol. The molecular weight excluding hydrogens is 359 g/mol. The molecule has 0 bridgehead atoms. The summed E-state index contributed by atoms with van der Waals surface area (Å²) >= 11 is 6.23. The van der Waals surface area contributed by atoms with Crippen molar-refractivity contribution in [2.75, 3.05) is 6.54 Å². The smallest absolute Gasteiger partial charge is 0.255 e. The van der Waals surface area contributed by atoms with Crippen LogP contribution in [-0.4, -0.2) is 28.3 Å². The van der Waals surface area contributed by atoms with Gasteiger partial charge in [0.25, 0.3) is 5.91 Å². The first kappa shape index (κ1) is 19.8. The molecular formula is C18H24Cl2N4O. The Labute approximate surface area is 159 Å². The number of nitrogens with zero attached hydrogens (tertiary/aromatic N) is 2. The Bertz CT molecular complexity index is 756. The van der Waals surface area contributed by atoms with Gasteiger partial charge in [0, 0.05) is 23.3 Å². The zero-order chi connectivity index (χ0) is 17.3. The third-order valence-corrected chi connectivity index (χ3v) is 5.02. The van der Waals surface area contributed by atoms with Crippen LogP contribution < -0.4 is 11.1 Å². The average molecular weight is 383 g/mol. The second-order valence-corrected chi connectivity index (χ2v) is 6.86. The second-order valence-electron chi connectivity index (χ2n) is 6.45. The number of halogens is 2. The van der Waals surface area contributed by atoms with Crippen molar-refractivity contribution in [2.45, 2.75) is 39.3 Å². The van der Waals surface area contributed by atoms with Gasteiger partial charge in [-0.2, -0.15) is 5.10 Å². The minimum atomic E-state index is -0.0854. The molecule has 1 aromatic carbocycles. The van der Waals surface area contributed by atoms with E-state index in [9.17, 15) is 4.79 Å². The minimum absolute atomic E-state index is 0. The number of aryl methyl sites for hydroxylation is 1. The van der Waals surface area contributed by atoms with Gasteiger partial charge < -0.3 is 11.1 Å². The van der Waals surface area contributed by atoms with E-state index in [4.69, 9.17) is 17.3 Å². The summed E-state index contributed by atoms with van der Waals surface area (Å²) in [6, 6.07) is 7.73. The molecule has 0 radical (unpaired) electrons. The van der Waals surface area contributed by atoms with Gasteiger partial charge in [0.15, 0.2) is 0 Å². The summed E-state index contributed by atoms with van der Waals surface area (Å²) in [5.74, 6) is 0.440. The molecule has 1 amide bonds. The summed E-state index contributed by atoms with van der Waals surface area (Å²) in [4.78, 5) is 12.7. The van der Waals surface area contributed by atoms with Gasteiger partial charge in [-0.3, -0.25) is 9.48 Å². The number of aromatic nitrogens is 2. The van der Waals surface area contributed by atoms with Gasteiger partial charge in [-0.1, -0.05) is 29.8 Å². The number of amides is 1. The van der Waals surface area contributed by atoms with Crippen LogP contribution in [0, 0.1) is 19.8 Å². The number of carbonyl (C=O) groups is 1. The first-order valence-corrected chi connectivity index (χ1v) is 8.67. The molecule has 1 aromatic heterocycles. The van der Waals surface area contributed by atoms with Crippen LogP contribution in [-0.2, 0) is 6.54 Å².